The monoisotopic (exact) mass is 315 g/mol. The lowest BCUT2D eigenvalue weighted by atomic mass is 10.1. The van der Waals surface area contributed by atoms with Gasteiger partial charge in [-0.3, -0.25) is 10.5 Å². The first-order chi connectivity index (χ1) is 8.04. The van der Waals surface area contributed by atoms with Crippen molar-refractivity contribution < 1.29 is 0 Å². The van der Waals surface area contributed by atoms with Gasteiger partial charge in [0.05, 0.1) is 38.0 Å². The smallest absolute Gasteiger partial charge is 0.1000 e. The third-order valence-corrected chi connectivity index (χ3v) is 4.33. The second kappa shape index (κ2) is 4.85. The van der Waals surface area contributed by atoms with Gasteiger partial charge in [-0.1, -0.05) is 0 Å². The molecule has 1 unspecified atom stereocenters. The van der Waals surface area contributed by atoms with Crippen molar-refractivity contribution in [1.29, 1.82) is 0 Å². The zero-order chi connectivity index (χ0) is 12.6. The second-order valence-corrected chi connectivity index (χ2v) is 5.87. The Hall–Kier alpha value is -0.760. The van der Waals surface area contributed by atoms with E-state index in [0.717, 1.165) is 25.7 Å². The molecule has 2 aromatic rings. The Balaban J connectivity index is 2.51. The van der Waals surface area contributed by atoms with Gasteiger partial charge in [0.2, 0.25) is 0 Å². The zero-order valence-electron chi connectivity index (χ0n) is 9.86. The average molecular weight is 316 g/mol. The zero-order valence-corrected chi connectivity index (χ0v) is 12.3. The fourth-order valence-corrected chi connectivity index (χ4v) is 3.41. The molecule has 0 saturated heterocycles. The van der Waals surface area contributed by atoms with Crippen LogP contribution in [0.15, 0.2) is 10.7 Å². The number of rotatable bonds is 3. The summed E-state index contributed by atoms with van der Waals surface area (Å²) in [6, 6.07) is -0.0944. The molecule has 2 aromatic heterocycles. The topological polar surface area (TPSA) is 68.8 Å². The molecular formula is C10H14BrN5S. The van der Waals surface area contributed by atoms with Gasteiger partial charge in [0.1, 0.15) is 0 Å². The van der Waals surface area contributed by atoms with Crippen molar-refractivity contribution in [3.8, 4) is 0 Å². The van der Waals surface area contributed by atoms with Gasteiger partial charge in [-0.25, -0.2) is 10.4 Å². The molecule has 0 spiro atoms. The van der Waals surface area contributed by atoms with Gasteiger partial charge in [-0.2, -0.15) is 5.10 Å². The average Bonchev–Trinajstić information content (AvgIpc) is 2.76. The summed E-state index contributed by atoms with van der Waals surface area (Å²) in [6.07, 6.45) is 1.77. The van der Waals surface area contributed by atoms with Gasteiger partial charge in [0, 0.05) is 7.05 Å². The van der Waals surface area contributed by atoms with E-state index in [1.54, 1.807) is 17.5 Å². The Bertz CT molecular complexity index is 513. The lowest BCUT2D eigenvalue weighted by Crippen LogP contribution is -2.30. The number of thiazole rings is 1. The predicted octanol–water partition coefficient (Wildman–Crippen LogP) is 1.81. The van der Waals surface area contributed by atoms with E-state index in [0.29, 0.717) is 0 Å². The number of halogens is 1. The number of hydrazine groups is 1. The molecule has 0 fully saturated rings. The Morgan fingerprint density at radius 3 is 2.65 bits per heavy atom. The lowest BCUT2D eigenvalue weighted by molar-refractivity contribution is 0.577. The molecule has 7 heteroatoms. The summed E-state index contributed by atoms with van der Waals surface area (Å²) in [7, 11) is 1.90. The Labute approximate surface area is 112 Å². The number of nitrogens with zero attached hydrogens (tertiary/aromatic N) is 3. The van der Waals surface area contributed by atoms with Crippen LogP contribution in [0.25, 0.3) is 0 Å². The van der Waals surface area contributed by atoms with Gasteiger partial charge in [0.25, 0.3) is 0 Å². The Morgan fingerprint density at radius 1 is 1.53 bits per heavy atom. The molecule has 92 valence electrons. The van der Waals surface area contributed by atoms with Crippen molar-refractivity contribution in [1.82, 2.24) is 20.2 Å². The third kappa shape index (κ3) is 2.28. The third-order valence-electron chi connectivity index (χ3n) is 2.58. The van der Waals surface area contributed by atoms with E-state index in [9.17, 15) is 0 Å². The van der Waals surface area contributed by atoms with Crippen molar-refractivity contribution in [2.45, 2.75) is 19.9 Å². The van der Waals surface area contributed by atoms with Crippen LogP contribution < -0.4 is 11.3 Å². The fraction of sp³-hybridized carbons (Fsp3) is 0.400. The number of nitrogens with two attached hydrogens (primary N) is 1. The first-order valence-electron chi connectivity index (χ1n) is 5.12. The van der Waals surface area contributed by atoms with Crippen LogP contribution in [0, 0.1) is 13.8 Å². The Kier molecular flexibility index (Phi) is 3.62. The van der Waals surface area contributed by atoms with E-state index in [2.05, 4.69) is 31.4 Å². The van der Waals surface area contributed by atoms with Crippen molar-refractivity contribution in [2.24, 2.45) is 12.9 Å². The van der Waals surface area contributed by atoms with Crippen LogP contribution in [0.2, 0.25) is 0 Å². The maximum Gasteiger partial charge on any atom is 0.1000 e. The molecule has 2 heterocycles. The van der Waals surface area contributed by atoms with Crippen LogP contribution in [0.3, 0.4) is 0 Å². The van der Waals surface area contributed by atoms with E-state index in [4.69, 9.17) is 5.84 Å². The predicted molar refractivity (Wildman–Crippen MR) is 71.7 cm³/mol. The first-order valence-corrected chi connectivity index (χ1v) is 6.73. The molecule has 0 aliphatic carbocycles. The van der Waals surface area contributed by atoms with E-state index in [-0.39, 0.29) is 6.04 Å². The molecule has 0 bridgehead atoms. The van der Waals surface area contributed by atoms with Crippen LogP contribution in [-0.4, -0.2) is 14.8 Å². The van der Waals surface area contributed by atoms with Crippen molar-refractivity contribution in [2.75, 3.05) is 0 Å². The first kappa shape index (κ1) is 12.7. The molecule has 17 heavy (non-hydrogen) atoms. The number of aromatic nitrogens is 3. The number of hydrogen-bond acceptors (Lipinski definition) is 5. The number of nitrogens with one attached hydrogen (secondary N) is 1. The highest BCUT2D eigenvalue weighted by Gasteiger charge is 2.23. The van der Waals surface area contributed by atoms with Gasteiger partial charge < -0.3 is 0 Å². The highest BCUT2D eigenvalue weighted by Crippen LogP contribution is 2.32. The molecule has 3 N–H and O–H groups in total. The minimum absolute atomic E-state index is 0.0944. The summed E-state index contributed by atoms with van der Waals surface area (Å²) in [5.41, 5.74) is 4.84. The summed E-state index contributed by atoms with van der Waals surface area (Å²) in [4.78, 5) is 5.55. The van der Waals surface area contributed by atoms with Crippen molar-refractivity contribution >= 4 is 27.3 Å². The molecular weight excluding hydrogens is 302 g/mol. The van der Waals surface area contributed by atoms with E-state index < -0.39 is 0 Å². The molecule has 0 amide bonds. The van der Waals surface area contributed by atoms with Gasteiger partial charge >= 0.3 is 0 Å². The normalized spacial score (nSPS) is 13.0. The fourth-order valence-electron chi connectivity index (χ4n) is 1.84. The second-order valence-electron chi connectivity index (χ2n) is 3.78. The van der Waals surface area contributed by atoms with Crippen LogP contribution in [0.4, 0.5) is 0 Å². The van der Waals surface area contributed by atoms with Crippen LogP contribution in [0.5, 0.6) is 0 Å². The van der Waals surface area contributed by atoms with Crippen LogP contribution in [-0.2, 0) is 7.05 Å². The van der Waals surface area contributed by atoms with E-state index in [1.165, 1.54) is 0 Å². The minimum Gasteiger partial charge on any atom is -0.270 e. The Morgan fingerprint density at radius 2 is 2.24 bits per heavy atom. The highest BCUT2D eigenvalue weighted by molar-refractivity contribution is 9.10. The van der Waals surface area contributed by atoms with Crippen LogP contribution >= 0.6 is 27.3 Å². The highest BCUT2D eigenvalue weighted by atomic mass is 79.9. The minimum atomic E-state index is -0.0944. The standard InChI is InChI=1S/C10H14BrN5S/c1-5-10(17-6(2)14-5)8(15-12)9-7(11)4-13-16(9)3/h4,8,15H,12H2,1-3H3. The van der Waals surface area contributed by atoms with E-state index >= 15 is 0 Å². The summed E-state index contributed by atoms with van der Waals surface area (Å²) in [6.45, 7) is 3.99. The summed E-state index contributed by atoms with van der Waals surface area (Å²) >= 11 is 5.14. The summed E-state index contributed by atoms with van der Waals surface area (Å²) in [5, 5.41) is 5.24. The maximum absolute atomic E-state index is 5.68. The molecule has 2 rings (SSSR count). The van der Waals surface area contributed by atoms with Crippen molar-refractivity contribution in [3.05, 3.63) is 31.9 Å². The largest absolute Gasteiger partial charge is 0.270 e. The number of hydrogen-bond donors (Lipinski definition) is 2. The van der Waals surface area contributed by atoms with Gasteiger partial charge in [0.15, 0.2) is 0 Å². The van der Waals surface area contributed by atoms with Gasteiger partial charge in [-0.15, -0.1) is 11.3 Å². The van der Waals surface area contributed by atoms with Crippen LogP contribution in [0.1, 0.15) is 27.3 Å². The maximum atomic E-state index is 5.68. The SMILES string of the molecule is Cc1nc(C)c(C(NN)c2c(Br)cnn2C)s1. The molecule has 5 nitrogen and oxygen atoms in total. The molecule has 1 atom stereocenters. The molecule has 0 aromatic carbocycles. The quantitative estimate of drug-likeness (QED) is 0.669. The summed E-state index contributed by atoms with van der Waals surface area (Å²) in [5.74, 6) is 5.68. The lowest BCUT2D eigenvalue weighted by Gasteiger charge is -2.16. The molecule has 0 radical (unpaired) electrons. The molecule has 0 aliphatic rings. The van der Waals surface area contributed by atoms with E-state index in [1.807, 2.05) is 25.6 Å². The van der Waals surface area contributed by atoms with Crippen molar-refractivity contribution in [3.63, 3.8) is 0 Å². The summed E-state index contributed by atoms with van der Waals surface area (Å²) < 4.78 is 2.75. The number of aryl methyl sites for hydroxylation is 3. The van der Waals surface area contributed by atoms with Gasteiger partial charge in [-0.05, 0) is 29.8 Å². The molecule has 0 aliphatic heterocycles. The molecule has 0 saturated carbocycles.